The van der Waals surface area contributed by atoms with E-state index in [-0.39, 0.29) is 5.56 Å². The average molecular weight is 610 g/mol. The summed E-state index contributed by atoms with van der Waals surface area (Å²) in [5.41, 5.74) is 13.3. The van der Waals surface area contributed by atoms with Gasteiger partial charge in [0.25, 0.3) is 0 Å². The largest absolute Gasteiger partial charge is 0.384 e. The molecule has 0 heterocycles. The Morgan fingerprint density at radius 2 is 1.75 bits per heavy atom. The van der Waals surface area contributed by atoms with Crippen molar-refractivity contribution in [2.24, 2.45) is 16.6 Å². The Kier molecular flexibility index (Phi) is 9.05. The van der Waals surface area contributed by atoms with Gasteiger partial charge < -0.3 is 10.8 Å². The van der Waals surface area contributed by atoms with Crippen LogP contribution in [0.15, 0.2) is 83.9 Å². The molecule has 0 aliphatic heterocycles. The normalized spacial score (nSPS) is 15.2. The summed E-state index contributed by atoms with van der Waals surface area (Å²) in [4.78, 5) is 3.97. The van der Waals surface area contributed by atoms with Gasteiger partial charge in [0.15, 0.2) is 0 Å². The number of nitrogens with two attached hydrogens (primary N) is 1. The maximum Gasteiger partial charge on any atom is 0.214 e. The predicted molar refractivity (Wildman–Crippen MR) is 163 cm³/mol. The van der Waals surface area contributed by atoms with Crippen LogP contribution in [0.5, 0.6) is 0 Å². The third-order valence-corrected chi connectivity index (χ3v) is 7.67. The van der Waals surface area contributed by atoms with E-state index in [1.54, 1.807) is 13.1 Å². The molecule has 1 atom stereocenters. The lowest BCUT2D eigenvalue weighted by Gasteiger charge is -2.32. The number of benzene rings is 3. The number of allylic oxidation sites excluding steroid dienone is 1. The first-order valence-electron chi connectivity index (χ1n) is 11.8. The van der Waals surface area contributed by atoms with Gasteiger partial charge >= 0.3 is 0 Å². The van der Waals surface area contributed by atoms with E-state index in [1.165, 1.54) is 17.6 Å². The second-order valence-corrected chi connectivity index (χ2v) is 10.7. The summed E-state index contributed by atoms with van der Waals surface area (Å²) in [6, 6.07) is 24.5. The number of aliphatic imine (C=N–C) groups is 1. The molecule has 184 valence electrons. The number of anilines is 1. The quantitative estimate of drug-likeness (QED) is 0.0754. The summed E-state index contributed by atoms with van der Waals surface area (Å²) >= 11 is 2.21. The third kappa shape index (κ3) is 6.11. The molecular formula is C29H29FIN4P. The minimum absolute atomic E-state index is 0.282. The zero-order valence-electron chi connectivity index (χ0n) is 20.1. The average Bonchev–Trinajstić information content (AvgIpc) is 2.87. The van der Waals surface area contributed by atoms with Crippen LogP contribution in [0.1, 0.15) is 47.1 Å². The smallest absolute Gasteiger partial charge is 0.214 e. The maximum absolute atomic E-state index is 14.4. The molecule has 0 bridgehead atoms. The SMILES string of the molecule is CN=C(N)/C=C/c1ccc(/C(=C(\c2ccccc2)C2CCC2)c2ccc(NPI)c(C(=N)F)c2)cc1. The fourth-order valence-electron chi connectivity index (χ4n) is 4.43. The zero-order valence-corrected chi connectivity index (χ0v) is 23.2. The van der Waals surface area contributed by atoms with Gasteiger partial charge in [-0.3, -0.25) is 10.4 Å². The Labute approximate surface area is 226 Å². The molecular weight excluding hydrogens is 581 g/mol. The van der Waals surface area contributed by atoms with Crippen molar-refractivity contribution in [2.45, 2.75) is 19.3 Å². The molecule has 7 heteroatoms. The lowest BCUT2D eigenvalue weighted by molar-refractivity contribution is 0.401. The molecule has 36 heavy (non-hydrogen) atoms. The number of rotatable bonds is 9. The van der Waals surface area contributed by atoms with E-state index < -0.39 is 5.97 Å². The first kappa shape index (κ1) is 26.2. The minimum Gasteiger partial charge on any atom is -0.384 e. The molecule has 1 unspecified atom stereocenters. The molecule has 3 aromatic rings. The molecule has 4 N–H and O–H groups in total. The van der Waals surface area contributed by atoms with Gasteiger partial charge in [0, 0.05) is 19.1 Å². The molecule has 0 radical (unpaired) electrons. The summed E-state index contributed by atoms with van der Waals surface area (Å²) in [6.07, 6.45) is 7.57. The van der Waals surface area contributed by atoms with Crippen LogP contribution in [0.4, 0.5) is 10.1 Å². The highest BCUT2D eigenvalue weighted by molar-refractivity contribution is 14.2. The molecule has 0 aromatic heterocycles. The zero-order chi connectivity index (χ0) is 25.5. The van der Waals surface area contributed by atoms with Crippen molar-refractivity contribution in [3.63, 3.8) is 0 Å². The maximum atomic E-state index is 14.4. The van der Waals surface area contributed by atoms with Crippen LogP contribution in [-0.4, -0.2) is 18.8 Å². The van der Waals surface area contributed by atoms with Crippen LogP contribution in [0, 0.1) is 11.3 Å². The van der Waals surface area contributed by atoms with Gasteiger partial charge in [-0.1, -0.05) is 73.2 Å². The van der Waals surface area contributed by atoms with E-state index in [1.807, 2.05) is 30.3 Å². The van der Waals surface area contributed by atoms with Crippen LogP contribution in [0.3, 0.4) is 0 Å². The lowest BCUT2D eigenvalue weighted by Crippen LogP contribution is -2.15. The van der Waals surface area contributed by atoms with E-state index in [4.69, 9.17) is 11.1 Å². The molecule has 1 aliphatic rings. The number of hydrogen-bond donors (Lipinski definition) is 3. The third-order valence-electron chi connectivity index (χ3n) is 6.50. The van der Waals surface area contributed by atoms with E-state index >= 15 is 0 Å². The standard InChI is InChI=1S/C29H29FIN4P/c1-34-26(32)17-12-19-10-13-22(14-11-19)28(23-15-16-25(35-36-31)24(18-23)29(30)33)27(21-8-5-9-21)20-6-3-2-4-7-20/h2-4,6-7,10-18,21,33,35-36H,5,8-9H2,1H3,(H2,32,34)/b17-12+,28-27-,33-29?. The second kappa shape index (κ2) is 12.4. The van der Waals surface area contributed by atoms with Crippen LogP contribution in [0.2, 0.25) is 0 Å². The van der Waals surface area contributed by atoms with Gasteiger partial charge in [-0.2, -0.15) is 4.39 Å². The molecule has 0 spiro atoms. The highest BCUT2D eigenvalue weighted by atomic mass is 127. The minimum atomic E-state index is -0.936. The van der Waals surface area contributed by atoms with E-state index in [2.05, 4.69) is 80.7 Å². The van der Waals surface area contributed by atoms with Gasteiger partial charge in [0.1, 0.15) is 5.84 Å². The molecule has 0 saturated heterocycles. The van der Waals surface area contributed by atoms with E-state index in [9.17, 15) is 4.39 Å². The molecule has 0 amide bonds. The molecule has 1 aliphatic carbocycles. The summed E-state index contributed by atoms with van der Waals surface area (Å²) < 4.78 is 14.4. The van der Waals surface area contributed by atoms with Crippen molar-refractivity contribution in [3.8, 4) is 0 Å². The van der Waals surface area contributed by atoms with Crippen LogP contribution in [0.25, 0.3) is 17.2 Å². The Bertz CT molecular complexity index is 1310. The fourth-order valence-corrected chi connectivity index (χ4v) is 5.63. The van der Waals surface area contributed by atoms with Crippen molar-refractivity contribution in [2.75, 3.05) is 12.1 Å². The molecule has 3 aromatic carbocycles. The fraction of sp³-hybridized carbons (Fsp3) is 0.172. The number of nitrogens with one attached hydrogen (secondary N) is 2. The molecule has 4 rings (SSSR count). The Balaban J connectivity index is 1.92. The Hall–Kier alpha value is -2.83. The van der Waals surface area contributed by atoms with Crippen molar-refractivity contribution >= 4 is 63.1 Å². The lowest BCUT2D eigenvalue weighted by atomic mass is 9.73. The molecule has 1 saturated carbocycles. The first-order chi connectivity index (χ1) is 17.5. The summed E-state index contributed by atoms with van der Waals surface area (Å²) in [5.74, 6) is -0.0311. The van der Waals surface area contributed by atoms with Gasteiger partial charge in [0.05, 0.1) is 5.56 Å². The van der Waals surface area contributed by atoms with Crippen LogP contribution in [-0.2, 0) is 0 Å². The number of amidine groups is 1. The van der Waals surface area contributed by atoms with Crippen molar-refractivity contribution in [1.82, 2.24) is 0 Å². The van der Waals surface area contributed by atoms with Crippen molar-refractivity contribution in [1.29, 1.82) is 5.41 Å². The first-order valence-corrected chi connectivity index (χ1v) is 15.9. The van der Waals surface area contributed by atoms with Crippen molar-refractivity contribution in [3.05, 3.63) is 107 Å². The highest BCUT2D eigenvalue weighted by Gasteiger charge is 2.27. The van der Waals surface area contributed by atoms with Gasteiger partial charge in [-0.25, -0.2) is 0 Å². The predicted octanol–water partition coefficient (Wildman–Crippen LogP) is 8.10. The number of nitrogens with zero attached hydrogens (tertiary/aromatic N) is 1. The summed E-state index contributed by atoms with van der Waals surface area (Å²) in [7, 11) is 1.66. The van der Waals surface area contributed by atoms with Crippen LogP contribution >= 0.6 is 28.4 Å². The summed E-state index contributed by atoms with van der Waals surface area (Å²) in [5, 5.41) is 11.0. The van der Waals surface area contributed by atoms with Gasteiger partial charge in [-0.05, 0) is 92.4 Å². The highest BCUT2D eigenvalue weighted by Crippen LogP contribution is 2.45. The van der Waals surface area contributed by atoms with Gasteiger partial charge in [0.2, 0.25) is 5.97 Å². The van der Waals surface area contributed by atoms with E-state index in [0.717, 1.165) is 35.1 Å². The topological polar surface area (TPSA) is 74.3 Å². The molecule has 1 fully saturated rings. The molecule has 4 nitrogen and oxygen atoms in total. The van der Waals surface area contributed by atoms with Gasteiger partial charge in [-0.15, -0.1) is 0 Å². The summed E-state index contributed by atoms with van der Waals surface area (Å²) in [6.45, 7) is 0. The van der Waals surface area contributed by atoms with Crippen molar-refractivity contribution < 1.29 is 4.39 Å². The monoisotopic (exact) mass is 610 g/mol. The second-order valence-electron chi connectivity index (χ2n) is 8.68. The Morgan fingerprint density at radius 3 is 2.33 bits per heavy atom. The Morgan fingerprint density at radius 1 is 1.06 bits per heavy atom. The van der Waals surface area contributed by atoms with E-state index in [0.29, 0.717) is 23.8 Å². The number of hydrogen-bond acceptors (Lipinski definition) is 3. The number of halogens is 2. The van der Waals surface area contributed by atoms with Crippen LogP contribution < -0.4 is 10.8 Å².